The normalized spacial score (nSPS) is 21.3. The Kier molecular flexibility index (Phi) is 7.23. The van der Waals surface area contributed by atoms with Crippen LogP contribution in [0.5, 0.6) is 11.6 Å². The molecule has 2 atom stereocenters. The van der Waals surface area contributed by atoms with Crippen LogP contribution in [0, 0.1) is 11.7 Å². The van der Waals surface area contributed by atoms with Crippen LogP contribution in [0.25, 0.3) is 0 Å². The molecule has 1 aromatic carbocycles. The van der Waals surface area contributed by atoms with Crippen molar-refractivity contribution in [2.24, 2.45) is 5.92 Å². The van der Waals surface area contributed by atoms with E-state index in [0.717, 1.165) is 0 Å². The zero-order valence-electron chi connectivity index (χ0n) is 19.2. The molecule has 2 saturated heterocycles. The predicted molar refractivity (Wildman–Crippen MR) is 121 cm³/mol. The molecule has 3 heterocycles. The highest BCUT2D eigenvalue weighted by atomic mass is 19.4. The van der Waals surface area contributed by atoms with E-state index >= 15 is 0 Å². The molecule has 7 nitrogen and oxygen atoms in total. The maximum Gasteiger partial charge on any atom is 0.393 e. The monoisotopic (exact) mass is 497 g/mol. The first-order valence-electron chi connectivity index (χ1n) is 11.4. The highest BCUT2D eigenvalue weighted by Crippen LogP contribution is 2.40. The van der Waals surface area contributed by atoms with Crippen molar-refractivity contribution in [1.29, 1.82) is 0 Å². The molecule has 4 rings (SSSR count). The molecule has 1 N–H and O–H groups in total. The van der Waals surface area contributed by atoms with Crippen LogP contribution in [0.15, 0.2) is 36.5 Å². The van der Waals surface area contributed by atoms with Gasteiger partial charge in [-0.2, -0.15) is 13.2 Å². The smallest absolute Gasteiger partial charge is 0.393 e. The molecule has 0 unspecified atom stereocenters. The zero-order chi connectivity index (χ0) is 25.2. The van der Waals surface area contributed by atoms with E-state index in [9.17, 15) is 22.4 Å². The second-order valence-corrected chi connectivity index (χ2v) is 8.85. The average Bonchev–Trinajstić information content (AvgIpc) is 3.24. The van der Waals surface area contributed by atoms with E-state index in [1.165, 1.54) is 24.3 Å². The summed E-state index contributed by atoms with van der Waals surface area (Å²) in [7, 11) is 1.53. The van der Waals surface area contributed by atoms with Gasteiger partial charge in [-0.05, 0) is 24.6 Å². The summed E-state index contributed by atoms with van der Waals surface area (Å²) in [5.41, 5.74) is 0.905. The van der Waals surface area contributed by atoms with E-state index < -0.39 is 24.1 Å². The Hall–Kier alpha value is -3.24. The topological polar surface area (TPSA) is 75.1 Å². The lowest BCUT2D eigenvalue weighted by Gasteiger charge is -2.33. The van der Waals surface area contributed by atoms with Gasteiger partial charge in [0.25, 0.3) is 0 Å². The number of rotatable bonds is 7. The van der Waals surface area contributed by atoms with Crippen LogP contribution in [0.3, 0.4) is 0 Å². The number of hydrogen-bond donors (Lipinski definition) is 1. The maximum atomic E-state index is 14.2. The summed E-state index contributed by atoms with van der Waals surface area (Å²) in [6.45, 7) is 0.856. The fourth-order valence-corrected chi connectivity index (χ4v) is 4.72. The van der Waals surface area contributed by atoms with Gasteiger partial charge in [0.2, 0.25) is 5.88 Å². The predicted octanol–water partition coefficient (Wildman–Crippen LogP) is 4.51. The summed E-state index contributed by atoms with van der Waals surface area (Å²) in [5, 5.41) is 9.11. The quantitative estimate of drug-likeness (QED) is 0.565. The summed E-state index contributed by atoms with van der Waals surface area (Å²) in [6, 6.07) is 7.04. The third-order valence-corrected chi connectivity index (χ3v) is 6.56. The number of carbonyl (C=O) groups is 1. The Morgan fingerprint density at radius 2 is 1.94 bits per heavy atom. The highest BCUT2D eigenvalue weighted by molar-refractivity contribution is 5.69. The van der Waals surface area contributed by atoms with Gasteiger partial charge < -0.3 is 24.4 Å². The second kappa shape index (κ2) is 10.2. The van der Waals surface area contributed by atoms with Crippen molar-refractivity contribution >= 4 is 17.3 Å². The lowest BCUT2D eigenvalue weighted by molar-refractivity contribution is -0.169. The molecule has 2 aliphatic rings. The standard InChI is InChI=1S/C24H27F4N3O4/c1-34-19-3-4-20(25)21(12-19)30-8-6-18(7-9-30)35-22-5-2-16(13-29-22)31-14-15(24(26,27)28)10-17(31)11-23(32)33/h2-5,12-13,15,17-18H,6-11,14H2,1H3,(H,32,33)/t15-,17-/m1/s1. The van der Waals surface area contributed by atoms with E-state index in [-0.39, 0.29) is 31.3 Å². The van der Waals surface area contributed by atoms with Crippen LogP contribution >= 0.6 is 0 Å². The molecule has 2 aromatic rings. The molecular formula is C24H27F4N3O4. The molecule has 1 aromatic heterocycles. The van der Waals surface area contributed by atoms with Crippen LogP contribution in [0.2, 0.25) is 0 Å². The molecule has 0 radical (unpaired) electrons. The lowest BCUT2D eigenvalue weighted by Crippen LogP contribution is -2.38. The van der Waals surface area contributed by atoms with Crippen molar-refractivity contribution in [2.45, 2.75) is 44.0 Å². The zero-order valence-corrected chi connectivity index (χ0v) is 19.2. The molecule has 0 aliphatic carbocycles. The fraction of sp³-hybridized carbons (Fsp3) is 0.500. The second-order valence-electron chi connectivity index (χ2n) is 8.85. The average molecular weight is 497 g/mol. The molecule has 0 spiro atoms. The number of carboxylic acids is 1. The first-order chi connectivity index (χ1) is 16.6. The number of methoxy groups -OCH3 is 1. The van der Waals surface area contributed by atoms with Gasteiger partial charge in [0.05, 0.1) is 37.0 Å². The van der Waals surface area contributed by atoms with Crippen LogP contribution in [0.1, 0.15) is 25.7 Å². The van der Waals surface area contributed by atoms with Crippen molar-refractivity contribution in [3.8, 4) is 11.6 Å². The number of benzene rings is 1. The van der Waals surface area contributed by atoms with Crippen molar-refractivity contribution in [3.05, 3.63) is 42.3 Å². The number of piperidine rings is 1. The largest absolute Gasteiger partial charge is 0.497 e. The number of aliphatic carboxylic acids is 1. The molecule has 190 valence electrons. The molecule has 0 saturated carbocycles. The van der Waals surface area contributed by atoms with Crippen molar-refractivity contribution < 1.29 is 36.9 Å². The fourth-order valence-electron chi connectivity index (χ4n) is 4.72. The lowest BCUT2D eigenvalue weighted by atomic mass is 10.0. The van der Waals surface area contributed by atoms with Crippen molar-refractivity contribution in [3.63, 3.8) is 0 Å². The molecule has 2 aliphatic heterocycles. The third-order valence-electron chi connectivity index (χ3n) is 6.56. The molecule has 11 heteroatoms. The Bertz CT molecular complexity index is 1030. The number of carboxylic acid groups (broad SMARTS) is 1. The molecular weight excluding hydrogens is 470 g/mol. The van der Waals surface area contributed by atoms with Gasteiger partial charge in [-0.3, -0.25) is 4.79 Å². The number of aromatic nitrogens is 1. The Morgan fingerprint density at radius 1 is 1.20 bits per heavy atom. The molecule has 2 fully saturated rings. The maximum absolute atomic E-state index is 14.2. The number of pyridine rings is 1. The van der Waals surface area contributed by atoms with E-state index in [4.69, 9.17) is 14.6 Å². The number of hydrogen-bond acceptors (Lipinski definition) is 6. The van der Waals surface area contributed by atoms with E-state index in [1.54, 1.807) is 24.3 Å². The van der Waals surface area contributed by atoms with Crippen molar-refractivity contribution in [2.75, 3.05) is 36.5 Å². The van der Waals surface area contributed by atoms with Gasteiger partial charge in [0, 0.05) is 50.7 Å². The van der Waals surface area contributed by atoms with Crippen LogP contribution in [0.4, 0.5) is 28.9 Å². The SMILES string of the molecule is COc1ccc(F)c(N2CCC(Oc3ccc(N4C[C@H](C(F)(F)F)C[C@@H]4CC(=O)O)cn3)CC2)c1. The minimum atomic E-state index is -4.38. The Labute approximate surface area is 200 Å². The number of alkyl halides is 3. The first kappa shape index (κ1) is 24.9. The molecule has 0 amide bonds. The summed E-state index contributed by atoms with van der Waals surface area (Å²) < 4.78 is 65.1. The van der Waals surface area contributed by atoms with E-state index in [2.05, 4.69) is 4.98 Å². The minimum absolute atomic E-state index is 0.139. The van der Waals surface area contributed by atoms with E-state index in [0.29, 0.717) is 48.9 Å². The Morgan fingerprint density at radius 3 is 2.54 bits per heavy atom. The van der Waals surface area contributed by atoms with Crippen molar-refractivity contribution in [1.82, 2.24) is 4.98 Å². The van der Waals surface area contributed by atoms with Crippen LogP contribution < -0.4 is 19.3 Å². The van der Waals surface area contributed by atoms with Gasteiger partial charge in [0.15, 0.2) is 0 Å². The number of anilines is 2. The van der Waals surface area contributed by atoms with Gasteiger partial charge in [-0.25, -0.2) is 9.37 Å². The number of ether oxygens (including phenoxy) is 2. The van der Waals surface area contributed by atoms with Gasteiger partial charge in [-0.1, -0.05) is 0 Å². The summed E-state index contributed by atoms with van der Waals surface area (Å²) >= 11 is 0. The van der Waals surface area contributed by atoms with E-state index in [1.807, 2.05) is 4.90 Å². The third kappa shape index (κ3) is 5.88. The van der Waals surface area contributed by atoms with Crippen LogP contribution in [-0.2, 0) is 4.79 Å². The van der Waals surface area contributed by atoms with Gasteiger partial charge in [0.1, 0.15) is 17.7 Å². The summed E-state index contributed by atoms with van der Waals surface area (Å²) in [5.74, 6) is -2.13. The highest BCUT2D eigenvalue weighted by Gasteiger charge is 2.48. The Balaban J connectivity index is 1.36. The number of halogens is 4. The van der Waals surface area contributed by atoms with Crippen LogP contribution in [-0.4, -0.2) is 61.1 Å². The summed E-state index contributed by atoms with van der Waals surface area (Å²) in [4.78, 5) is 18.8. The number of nitrogens with zero attached hydrogens (tertiary/aromatic N) is 3. The summed E-state index contributed by atoms with van der Waals surface area (Å²) in [6.07, 6.45) is -2.47. The first-order valence-corrected chi connectivity index (χ1v) is 11.4. The van der Waals surface area contributed by atoms with Gasteiger partial charge in [-0.15, -0.1) is 0 Å². The molecule has 0 bridgehead atoms. The molecule has 35 heavy (non-hydrogen) atoms. The minimum Gasteiger partial charge on any atom is -0.497 e. The van der Waals surface area contributed by atoms with Gasteiger partial charge >= 0.3 is 12.1 Å².